The summed E-state index contributed by atoms with van der Waals surface area (Å²) < 4.78 is 5.57. The number of benzene rings is 1. The molecule has 172 valence electrons. The average molecular weight is 430 g/mol. The molecule has 7 nitrogen and oxygen atoms in total. The van der Waals surface area contributed by atoms with Gasteiger partial charge < -0.3 is 20.7 Å². The topological polar surface area (TPSA) is 78.0 Å². The van der Waals surface area contributed by atoms with Crippen LogP contribution in [0.15, 0.2) is 29.3 Å². The number of nitrogens with zero attached hydrogens (tertiary/aromatic N) is 2. The van der Waals surface area contributed by atoms with Gasteiger partial charge in [0.25, 0.3) is 5.91 Å². The van der Waals surface area contributed by atoms with Crippen LogP contribution in [0.3, 0.4) is 0 Å². The van der Waals surface area contributed by atoms with Crippen molar-refractivity contribution in [2.45, 2.75) is 65.1 Å². The van der Waals surface area contributed by atoms with Crippen molar-refractivity contribution in [3.05, 3.63) is 29.8 Å². The number of hydrogen-bond acceptors (Lipinski definition) is 4. The van der Waals surface area contributed by atoms with Gasteiger partial charge in [0, 0.05) is 44.3 Å². The van der Waals surface area contributed by atoms with Gasteiger partial charge in [-0.15, -0.1) is 0 Å². The fourth-order valence-electron chi connectivity index (χ4n) is 3.80. The molecule has 31 heavy (non-hydrogen) atoms. The lowest BCUT2D eigenvalue weighted by molar-refractivity contribution is -0.123. The van der Waals surface area contributed by atoms with E-state index in [0.717, 1.165) is 50.6 Å². The zero-order valence-electron chi connectivity index (χ0n) is 19.5. The lowest BCUT2D eigenvalue weighted by Crippen LogP contribution is -2.46. The zero-order chi connectivity index (χ0) is 22.2. The number of ether oxygens (including phenoxy) is 1. The molecular formula is C24H39N5O2. The summed E-state index contributed by atoms with van der Waals surface area (Å²) >= 11 is 0. The van der Waals surface area contributed by atoms with Crippen molar-refractivity contribution < 1.29 is 9.53 Å². The van der Waals surface area contributed by atoms with E-state index in [4.69, 9.17) is 9.73 Å². The van der Waals surface area contributed by atoms with Crippen LogP contribution in [0.1, 0.15) is 46.1 Å². The fourth-order valence-corrected chi connectivity index (χ4v) is 3.80. The molecule has 0 spiro atoms. The number of aliphatic imine (C=N–C) groups is 1. The van der Waals surface area contributed by atoms with Crippen molar-refractivity contribution in [3.8, 4) is 5.75 Å². The first kappa shape index (κ1) is 23.4. The van der Waals surface area contributed by atoms with Gasteiger partial charge in [-0.2, -0.15) is 0 Å². The molecule has 1 aromatic rings. The Morgan fingerprint density at radius 2 is 1.94 bits per heavy atom. The summed E-state index contributed by atoms with van der Waals surface area (Å²) in [6.07, 6.45) is 3.03. The standard InChI is InChI=1S/C24H39N5O2/c1-5-25-24(28-22-15-29(17(2)3)14-18(22)4)26-13-12-19-6-10-21(11-7-19)31-16-23(30)27-20-8-9-20/h6-7,10-11,17-18,20,22H,5,8-9,12-16H2,1-4H3,(H,27,30)(H2,25,26,28). The van der Waals surface area contributed by atoms with Gasteiger partial charge in [-0.25, -0.2) is 0 Å². The average Bonchev–Trinajstić information content (AvgIpc) is 3.48. The molecule has 1 saturated carbocycles. The number of rotatable bonds is 10. The SMILES string of the molecule is CCNC(=NCCc1ccc(OCC(=O)NC2CC2)cc1)NC1CN(C(C)C)CC1C. The summed E-state index contributed by atoms with van der Waals surface area (Å²) in [5.41, 5.74) is 1.20. The summed E-state index contributed by atoms with van der Waals surface area (Å²) in [7, 11) is 0. The van der Waals surface area contributed by atoms with Gasteiger partial charge in [0.2, 0.25) is 0 Å². The number of amides is 1. The van der Waals surface area contributed by atoms with Gasteiger partial charge in [0.1, 0.15) is 5.75 Å². The van der Waals surface area contributed by atoms with E-state index in [0.29, 0.717) is 30.6 Å². The van der Waals surface area contributed by atoms with Crippen molar-refractivity contribution in [1.29, 1.82) is 0 Å². The van der Waals surface area contributed by atoms with Crippen molar-refractivity contribution in [2.24, 2.45) is 10.9 Å². The van der Waals surface area contributed by atoms with E-state index in [2.05, 4.69) is 48.5 Å². The zero-order valence-corrected chi connectivity index (χ0v) is 19.5. The van der Waals surface area contributed by atoms with E-state index >= 15 is 0 Å². The molecule has 2 aliphatic rings. The highest BCUT2D eigenvalue weighted by atomic mass is 16.5. The Hall–Kier alpha value is -2.28. The van der Waals surface area contributed by atoms with Crippen LogP contribution in [-0.2, 0) is 11.2 Å². The Labute approximate surface area is 187 Å². The normalized spacial score (nSPS) is 21.9. The molecule has 1 saturated heterocycles. The van der Waals surface area contributed by atoms with Crippen LogP contribution in [0.4, 0.5) is 0 Å². The van der Waals surface area contributed by atoms with Crippen LogP contribution >= 0.6 is 0 Å². The van der Waals surface area contributed by atoms with Crippen LogP contribution < -0.4 is 20.7 Å². The van der Waals surface area contributed by atoms with E-state index in [-0.39, 0.29) is 12.5 Å². The Morgan fingerprint density at radius 1 is 1.19 bits per heavy atom. The second-order valence-electron chi connectivity index (χ2n) is 9.06. The maximum Gasteiger partial charge on any atom is 0.258 e. The maximum atomic E-state index is 11.7. The summed E-state index contributed by atoms with van der Waals surface area (Å²) in [6.45, 7) is 12.7. The van der Waals surface area contributed by atoms with Crippen molar-refractivity contribution >= 4 is 11.9 Å². The largest absolute Gasteiger partial charge is 0.484 e. The molecule has 7 heteroatoms. The maximum absolute atomic E-state index is 11.7. The van der Waals surface area contributed by atoms with E-state index in [1.807, 2.05) is 24.3 Å². The van der Waals surface area contributed by atoms with Crippen molar-refractivity contribution in [3.63, 3.8) is 0 Å². The van der Waals surface area contributed by atoms with Crippen LogP contribution in [0.25, 0.3) is 0 Å². The minimum absolute atomic E-state index is 0.0440. The molecule has 1 aromatic carbocycles. The molecule has 2 atom stereocenters. The molecule has 2 unspecified atom stereocenters. The summed E-state index contributed by atoms with van der Waals surface area (Å²) in [5.74, 6) is 2.17. The second kappa shape index (κ2) is 11.4. The predicted molar refractivity (Wildman–Crippen MR) is 126 cm³/mol. The van der Waals surface area contributed by atoms with E-state index in [9.17, 15) is 4.79 Å². The molecule has 0 aromatic heterocycles. The molecule has 3 N–H and O–H groups in total. The number of likely N-dealkylation sites (tertiary alicyclic amines) is 1. The Balaban J connectivity index is 1.44. The molecule has 3 rings (SSSR count). The first-order chi connectivity index (χ1) is 14.9. The lowest BCUT2D eigenvalue weighted by atomic mass is 10.1. The number of nitrogens with one attached hydrogen (secondary N) is 3. The number of guanidine groups is 1. The highest BCUT2D eigenvalue weighted by Crippen LogP contribution is 2.19. The molecule has 1 aliphatic carbocycles. The van der Waals surface area contributed by atoms with Gasteiger partial charge in [0.05, 0.1) is 0 Å². The van der Waals surface area contributed by atoms with Crippen LogP contribution in [0, 0.1) is 5.92 Å². The van der Waals surface area contributed by atoms with Crippen molar-refractivity contribution in [1.82, 2.24) is 20.9 Å². The first-order valence-corrected chi connectivity index (χ1v) is 11.7. The minimum atomic E-state index is -0.0440. The predicted octanol–water partition coefficient (Wildman–Crippen LogP) is 2.17. The van der Waals surface area contributed by atoms with E-state index in [1.54, 1.807) is 0 Å². The molecule has 1 aliphatic heterocycles. The summed E-state index contributed by atoms with van der Waals surface area (Å²) in [6, 6.07) is 9.31. The minimum Gasteiger partial charge on any atom is -0.484 e. The van der Waals surface area contributed by atoms with Gasteiger partial charge in [-0.1, -0.05) is 19.1 Å². The monoisotopic (exact) mass is 429 g/mol. The van der Waals surface area contributed by atoms with Gasteiger partial charge in [-0.05, 0) is 63.6 Å². The number of carbonyl (C=O) groups is 1. The number of hydrogen-bond donors (Lipinski definition) is 3. The third kappa shape index (κ3) is 7.73. The summed E-state index contributed by atoms with van der Waals surface area (Å²) in [5, 5.41) is 9.94. The van der Waals surface area contributed by atoms with Crippen molar-refractivity contribution in [2.75, 3.05) is 32.8 Å². The molecule has 1 heterocycles. The van der Waals surface area contributed by atoms with Gasteiger partial charge in [-0.3, -0.25) is 14.7 Å². The third-order valence-electron chi connectivity index (χ3n) is 5.94. The Morgan fingerprint density at radius 3 is 2.55 bits per heavy atom. The van der Waals surface area contributed by atoms with E-state index in [1.165, 1.54) is 5.56 Å². The van der Waals surface area contributed by atoms with Crippen LogP contribution in [0.2, 0.25) is 0 Å². The van der Waals surface area contributed by atoms with E-state index < -0.39 is 0 Å². The smallest absolute Gasteiger partial charge is 0.258 e. The quantitative estimate of drug-likeness (QED) is 0.393. The Bertz CT molecular complexity index is 730. The fraction of sp³-hybridized carbons (Fsp3) is 0.667. The Kier molecular flexibility index (Phi) is 8.58. The molecular weight excluding hydrogens is 390 g/mol. The molecule has 2 fully saturated rings. The van der Waals surface area contributed by atoms with Gasteiger partial charge >= 0.3 is 0 Å². The molecule has 0 bridgehead atoms. The third-order valence-corrected chi connectivity index (χ3v) is 5.94. The number of carbonyl (C=O) groups excluding carboxylic acids is 1. The first-order valence-electron chi connectivity index (χ1n) is 11.7. The van der Waals surface area contributed by atoms with Crippen LogP contribution in [0.5, 0.6) is 5.75 Å². The highest BCUT2D eigenvalue weighted by molar-refractivity contribution is 5.80. The molecule has 1 amide bonds. The molecule has 0 radical (unpaired) electrons. The summed E-state index contributed by atoms with van der Waals surface area (Å²) in [4.78, 5) is 19.0. The van der Waals surface area contributed by atoms with Gasteiger partial charge in [0.15, 0.2) is 12.6 Å². The highest BCUT2D eigenvalue weighted by Gasteiger charge is 2.31. The lowest BCUT2D eigenvalue weighted by Gasteiger charge is -2.22. The second-order valence-corrected chi connectivity index (χ2v) is 9.06. The van der Waals surface area contributed by atoms with Crippen LogP contribution in [-0.4, -0.2) is 67.7 Å².